The summed E-state index contributed by atoms with van der Waals surface area (Å²) >= 11 is 0. The van der Waals surface area contributed by atoms with Gasteiger partial charge >= 0.3 is 0 Å². The Morgan fingerprint density at radius 3 is 2.17 bits per heavy atom. The van der Waals surface area contributed by atoms with Gasteiger partial charge in [0.05, 0.1) is 12.7 Å². The fourth-order valence-corrected chi connectivity index (χ4v) is 1.94. The highest BCUT2D eigenvalue weighted by Gasteiger charge is 2.17. The van der Waals surface area contributed by atoms with Gasteiger partial charge in [-0.05, 0) is 18.6 Å². The van der Waals surface area contributed by atoms with Crippen molar-refractivity contribution in [2.24, 2.45) is 0 Å². The lowest BCUT2D eigenvalue weighted by atomic mass is 9.97. The Balaban J connectivity index is 2.72. The predicted octanol–water partition coefficient (Wildman–Crippen LogP) is 3.53. The SMILES string of the molecule is COc1cc(F)c(-c2c(C)cccc2N)c(F)c1. The van der Waals surface area contributed by atoms with Crippen molar-refractivity contribution >= 4 is 5.69 Å². The second-order valence-electron chi connectivity index (χ2n) is 4.01. The topological polar surface area (TPSA) is 35.2 Å². The summed E-state index contributed by atoms with van der Waals surface area (Å²) in [6.07, 6.45) is 0. The number of anilines is 1. The second-order valence-corrected chi connectivity index (χ2v) is 4.01. The Bertz CT molecular complexity index is 553. The molecule has 2 aromatic carbocycles. The summed E-state index contributed by atoms with van der Waals surface area (Å²) in [4.78, 5) is 0. The fourth-order valence-electron chi connectivity index (χ4n) is 1.94. The maximum Gasteiger partial charge on any atom is 0.137 e. The van der Waals surface area contributed by atoms with E-state index in [0.717, 1.165) is 17.7 Å². The highest BCUT2D eigenvalue weighted by Crippen LogP contribution is 2.35. The summed E-state index contributed by atoms with van der Waals surface area (Å²) in [7, 11) is 1.36. The van der Waals surface area contributed by atoms with Crippen molar-refractivity contribution < 1.29 is 13.5 Å². The highest BCUT2D eigenvalue weighted by molar-refractivity contribution is 5.80. The molecule has 2 nitrogen and oxygen atoms in total. The minimum absolute atomic E-state index is 0.119. The summed E-state index contributed by atoms with van der Waals surface area (Å²) in [6.45, 7) is 1.76. The number of nitrogens with two attached hydrogens (primary N) is 1. The van der Waals surface area contributed by atoms with Crippen LogP contribution in [0.25, 0.3) is 11.1 Å². The summed E-state index contributed by atoms with van der Waals surface area (Å²) < 4.78 is 32.8. The number of ether oxygens (including phenoxy) is 1. The molecule has 94 valence electrons. The number of halogens is 2. The van der Waals surface area contributed by atoms with E-state index in [0.29, 0.717) is 11.3 Å². The van der Waals surface area contributed by atoms with Gasteiger partial charge in [0, 0.05) is 23.4 Å². The molecule has 2 N–H and O–H groups in total. The first kappa shape index (κ1) is 12.4. The quantitative estimate of drug-likeness (QED) is 0.826. The molecule has 4 heteroatoms. The number of nitrogen functional groups attached to an aromatic ring is 1. The predicted molar refractivity (Wildman–Crippen MR) is 67.5 cm³/mol. The van der Waals surface area contributed by atoms with Crippen LogP contribution < -0.4 is 10.5 Å². The Hall–Kier alpha value is -2.10. The summed E-state index contributed by atoms with van der Waals surface area (Å²) in [5.74, 6) is -1.23. The average Bonchev–Trinajstić information content (AvgIpc) is 2.31. The number of methoxy groups -OCH3 is 1. The molecule has 0 unspecified atom stereocenters. The molecule has 0 aliphatic rings. The van der Waals surface area contributed by atoms with Crippen molar-refractivity contribution in [1.82, 2.24) is 0 Å². The van der Waals surface area contributed by atoms with Crippen molar-refractivity contribution in [3.63, 3.8) is 0 Å². The van der Waals surface area contributed by atoms with E-state index in [2.05, 4.69) is 0 Å². The summed E-state index contributed by atoms with van der Waals surface area (Å²) in [5.41, 5.74) is 7.13. The Morgan fingerprint density at radius 1 is 1.06 bits per heavy atom. The lowest BCUT2D eigenvalue weighted by molar-refractivity contribution is 0.407. The smallest absolute Gasteiger partial charge is 0.137 e. The molecule has 2 aromatic rings. The van der Waals surface area contributed by atoms with E-state index in [4.69, 9.17) is 10.5 Å². The normalized spacial score (nSPS) is 10.4. The molecule has 0 aliphatic heterocycles. The van der Waals surface area contributed by atoms with E-state index < -0.39 is 11.6 Å². The summed E-state index contributed by atoms with van der Waals surface area (Å²) in [6, 6.07) is 7.41. The maximum absolute atomic E-state index is 14.0. The molecule has 0 fully saturated rings. The van der Waals surface area contributed by atoms with Crippen molar-refractivity contribution in [2.45, 2.75) is 6.92 Å². The molecule has 2 rings (SSSR count). The molecule has 0 amide bonds. The number of hydrogen-bond donors (Lipinski definition) is 1. The van der Waals surface area contributed by atoms with Crippen LogP contribution in [0.5, 0.6) is 5.75 Å². The van der Waals surface area contributed by atoms with Gasteiger partial charge in [0.1, 0.15) is 17.4 Å². The van der Waals surface area contributed by atoms with Gasteiger partial charge in [-0.1, -0.05) is 12.1 Å². The largest absolute Gasteiger partial charge is 0.497 e. The van der Waals surface area contributed by atoms with Gasteiger partial charge in [0.15, 0.2) is 0 Å². The third kappa shape index (κ3) is 2.01. The fraction of sp³-hybridized carbons (Fsp3) is 0.143. The van der Waals surface area contributed by atoms with Crippen LogP contribution in [-0.4, -0.2) is 7.11 Å². The first-order chi connectivity index (χ1) is 8.54. The van der Waals surface area contributed by atoms with Crippen molar-refractivity contribution in [2.75, 3.05) is 12.8 Å². The van der Waals surface area contributed by atoms with Crippen LogP contribution in [0.4, 0.5) is 14.5 Å². The van der Waals surface area contributed by atoms with E-state index in [-0.39, 0.29) is 11.3 Å². The monoisotopic (exact) mass is 249 g/mol. The van der Waals surface area contributed by atoms with Crippen molar-refractivity contribution in [3.8, 4) is 16.9 Å². The van der Waals surface area contributed by atoms with Crippen LogP contribution in [0, 0.1) is 18.6 Å². The number of aryl methyl sites for hydroxylation is 1. The van der Waals surface area contributed by atoms with Gasteiger partial charge in [0.25, 0.3) is 0 Å². The molecule has 0 radical (unpaired) electrons. The Morgan fingerprint density at radius 2 is 1.67 bits per heavy atom. The molecular weight excluding hydrogens is 236 g/mol. The lowest BCUT2D eigenvalue weighted by Gasteiger charge is -2.12. The van der Waals surface area contributed by atoms with E-state index in [9.17, 15) is 8.78 Å². The van der Waals surface area contributed by atoms with Crippen LogP contribution in [0.3, 0.4) is 0 Å². The third-order valence-electron chi connectivity index (χ3n) is 2.81. The van der Waals surface area contributed by atoms with Gasteiger partial charge in [-0.2, -0.15) is 0 Å². The van der Waals surface area contributed by atoms with Gasteiger partial charge in [0.2, 0.25) is 0 Å². The van der Waals surface area contributed by atoms with Crippen molar-refractivity contribution in [1.29, 1.82) is 0 Å². The van der Waals surface area contributed by atoms with Crippen LogP contribution >= 0.6 is 0 Å². The van der Waals surface area contributed by atoms with Gasteiger partial charge in [-0.3, -0.25) is 0 Å². The first-order valence-electron chi connectivity index (χ1n) is 5.43. The minimum Gasteiger partial charge on any atom is -0.497 e. The zero-order valence-electron chi connectivity index (χ0n) is 10.1. The first-order valence-corrected chi connectivity index (χ1v) is 5.43. The number of hydrogen-bond acceptors (Lipinski definition) is 2. The summed E-state index contributed by atoms with van der Waals surface area (Å²) in [5, 5.41) is 0. The molecule has 0 saturated heterocycles. The van der Waals surface area contributed by atoms with Gasteiger partial charge in [-0.15, -0.1) is 0 Å². The molecule has 18 heavy (non-hydrogen) atoms. The van der Waals surface area contributed by atoms with E-state index in [1.165, 1.54) is 7.11 Å². The molecular formula is C14H13F2NO. The molecule has 0 bridgehead atoms. The van der Waals surface area contributed by atoms with Gasteiger partial charge < -0.3 is 10.5 Å². The van der Waals surface area contributed by atoms with E-state index in [1.54, 1.807) is 25.1 Å². The Kier molecular flexibility index (Phi) is 3.19. The minimum atomic E-state index is -0.687. The van der Waals surface area contributed by atoms with Crippen LogP contribution in [0.1, 0.15) is 5.56 Å². The molecule has 0 atom stereocenters. The third-order valence-corrected chi connectivity index (χ3v) is 2.81. The molecule has 0 saturated carbocycles. The van der Waals surface area contributed by atoms with E-state index in [1.807, 2.05) is 0 Å². The number of rotatable bonds is 2. The average molecular weight is 249 g/mol. The second kappa shape index (κ2) is 4.64. The molecule has 0 aromatic heterocycles. The van der Waals surface area contributed by atoms with Crippen LogP contribution in [0.2, 0.25) is 0 Å². The molecule has 0 heterocycles. The number of benzene rings is 2. The zero-order chi connectivity index (χ0) is 13.3. The van der Waals surface area contributed by atoms with Crippen molar-refractivity contribution in [3.05, 3.63) is 47.5 Å². The molecule has 0 spiro atoms. The maximum atomic E-state index is 14.0. The van der Waals surface area contributed by atoms with E-state index >= 15 is 0 Å². The zero-order valence-corrected chi connectivity index (χ0v) is 10.1. The van der Waals surface area contributed by atoms with Gasteiger partial charge in [-0.25, -0.2) is 8.78 Å². The lowest BCUT2D eigenvalue weighted by Crippen LogP contribution is -1.98. The van der Waals surface area contributed by atoms with Crippen LogP contribution in [-0.2, 0) is 0 Å². The standard InChI is InChI=1S/C14H13F2NO/c1-8-4-3-5-12(17)13(8)14-10(15)6-9(18-2)7-11(14)16/h3-7H,17H2,1-2H3. The Labute approximate surface area is 104 Å². The van der Waals surface area contributed by atoms with Crippen LogP contribution in [0.15, 0.2) is 30.3 Å². The highest BCUT2D eigenvalue weighted by atomic mass is 19.1. The molecule has 0 aliphatic carbocycles.